The van der Waals surface area contributed by atoms with Crippen LogP contribution in [0.3, 0.4) is 0 Å². The quantitative estimate of drug-likeness (QED) is 0.480. The van der Waals surface area contributed by atoms with Crippen molar-refractivity contribution < 1.29 is 9.53 Å². The van der Waals surface area contributed by atoms with E-state index in [4.69, 9.17) is 4.74 Å². The van der Waals surface area contributed by atoms with Crippen LogP contribution in [-0.2, 0) is 0 Å². The van der Waals surface area contributed by atoms with Crippen molar-refractivity contribution in [2.24, 2.45) is 5.10 Å². The minimum absolute atomic E-state index is 0.231. The molecule has 2 aromatic rings. The zero-order valence-corrected chi connectivity index (χ0v) is 13.7. The third-order valence-electron chi connectivity index (χ3n) is 2.71. The number of rotatable bonds is 5. The summed E-state index contributed by atoms with van der Waals surface area (Å²) in [6, 6.07) is 14.9. The van der Waals surface area contributed by atoms with Gasteiger partial charge in [0.15, 0.2) is 0 Å². The number of nitrogens with zero attached hydrogens (tertiary/aromatic N) is 1. The molecule has 0 saturated carbocycles. The fourth-order valence-corrected chi connectivity index (χ4v) is 2.37. The number of hydrogen-bond acceptors (Lipinski definition) is 3. The summed E-state index contributed by atoms with van der Waals surface area (Å²) in [6.07, 6.45) is 1.58. The van der Waals surface area contributed by atoms with Crippen LogP contribution < -0.4 is 10.2 Å². The van der Waals surface area contributed by atoms with Gasteiger partial charge in [-0.1, -0.05) is 24.3 Å². The molecule has 0 spiro atoms. The minimum atomic E-state index is -0.231. The number of halogens is 1. The summed E-state index contributed by atoms with van der Waals surface area (Å²) in [7, 11) is 0. The molecule has 0 atom stereocenters. The topological polar surface area (TPSA) is 50.7 Å². The van der Waals surface area contributed by atoms with Gasteiger partial charge in [-0.3, -0.25) is 4.79 Å². The van der Waals surface area contributed by atoms with Crippen molar-refractivity contribution in [3.8, 4) is 5.75 Å². The van der Waals surface area contributed by atoms with Gasteiger partial charge in [0.1, 0.15) is 5.75 Å². The Bertz CT molecular complexity index is 656. The second-order valence-electron chi connectivity index (χ2n) is 4.15. The molecule has 21 heavy (non-hydrogen) atoms. The molecule has 0 fully saturated rings. The summed E-state index contributed by atoms with van der Waals surface area (Å²) in [5.74, 6) is 0.512. The first-order valence-corrected chi connectivity index (χ1v) is 7.60. The molecule has 2 rings (SSSR count). The van der Waals surface area contributed by atoms with E-state index in [1.807, 2.05) is 49.4 Å². The fraction of sp³-hybridized carbons (Fsp3) is 0.125. The first-order valence-electron chi connectivity index (χ1n) is 6.52. The molecule has 0 bridgehead atoms. The van der Waals surface area contributed by atoms with Crippen LogP contribution in [0.4, 0.5) is 0 Å². The number of carbonyl (C=O) groups excluding carboxylic acids is 1. The fourth-order valence-electron chi connectivity index (χ4n) is 1.74. The molecule has 108 valence electrons. The van der Waals surface area contributed by atoms with E-state index < -0.39 is 0 Å². The second kappa shape index (κ2) is 7.78. The summed E-state index contributed by atoms with van der Waals surface area (Å²) < 4.78 is 6.38. The predicted octanol–water partition coefficient (Wildman–Crippen LogP) is 3.45. The summed E-state index contributed by atoms with van der Waals surface area (Å²) in [6.45, 7) is 2.51. The van der Waals surface area contributed by atoms with Crippen LogP contribution in [0.5, 0.6) is 5.75 Å². The maximum Gasteiger partial charge on any atom is 0.272 e. The van der Waals surface area contributed by atoms with Crippen LogP contribution in [0.2, 0.25) is 0 Å². The minimum Gasteiger partial charge on any atom is -0.493 e. The van der Waals surface area contributed by atoms with E-state index in [2.05, 4.69) is 33.1 Å². The number of carbonyl (C=O) groups is 1. The van der Waals surface area contributed by atoms with Gasteiger partial charge in [-0.2, -0.15) is 5.10 Å². The van der Waals surface area contributed by atoms with Crippen LogP contribution >= 0.6 is 22.6 Å². The van der Waals surface area contributed by atoms with Crippen molar-refractivity contribution in [1.29, 1.82) is 0 Å². The Hall–Kier alpha value is -1.89. The SMILES string of the molecule is CCOc1ccccc1/C=N/NC(=O)c1ccccc1I. The van der Waals surface area contributed by atoms with Crippen molar-refractivity contribution in [3.05, 3.63) is 63.2 Å². The molecule has 1 amide bonds. The number of hydrazone groups is 1. The lowest BCUT2D eigenvalue weighted by atomic mass is 10.2. The lowest BCUT2D eigenvalue weighted by Gasteiger charge is -2.06. The number of ether oxygens (including phenoxy) is 1. The third kappa shape index (κ3) is 4.29. The normalized spacial score (nSPS) is 10.6. The van der Waals surface area contributed by atoms with Gasteiger partial charge >= 0.3 is 0 Å². The Labute approximate surface area is 137 Å². The van der Waals surface area contributed by atoms with Crippen molar-refractivity contribution in [2.45, 2.75) is 6.92 Å². The first kappa shape index (κ1) is 15.5. The molecule has 0 unspecified atom stereocenters. The molecule has 0 aliphatic carbocycles. The summed E-state index contributed by atoms with van der Waals surface area (Å²) in [4.78, 5) is 12.0. The van der Waals surface area contributed by atoms with Crippen molar-refractivity contribution in [1.82, 2.24) is 5.43 Å². The Morgan fingerprint density at radius 3 is 2.71 bits per heavy atom. The van der Waals surface area contributed by atoms with E-state index in [0.717, 1.165) is 14.9 Å². The number of benzene rings is 2. The van der Waals surface area contributed by atoms with Crippen molar-refractivity contribution in [3.63, 3.8) is 0 Å². The summed E-state index contributed by atoms with van der Waals surface area (Å²) >= 11 is 2.12. The maximum atomic E-state index is 12.0. The summed E-state index contributed by atoms with van der Waals surface area (Å²) in [5, 5.41) is 3.99. The van der Waals surface area contributed by atoms with Gasteiger partial charge in [0.05, 0.1) is 18.4 Å². The number of nitrogens with one attached hydrogen (secondary N) is 1. The highest BCUT2D eigenvalue weighted by Crippen LogP contribution is 2.15. The van der Waals surface area contributed by atoms with Crippen LogP contribution in [-0.4, -0.2) is 18.7 Å². The van der Waals surface area contributed by atoms with Gasteiger partial charge in [-0.05, 0) is 53.8 Å². The maximum absolute atomic E-state index is 12.0. The predicted molar refractivity (Wildman–Crippen MR) is 91.8 cm³/mol. The molecule has 4 nitrogen and oxygen atoms in total. The van der Waals surface area contributed by atoms with Crippen LogP contribution in [0, 0.1) is 3.57 Å². The third-order valence-corrected chi connectivity index (χ3v) is 3.65. The van der Waals surface area contributed by atoms with E-state index in [9.17, 15) is 4.79 Å². The highest BCUT2D eigenvalue weighted by atomic mass is 127. The summed E-state index contributed by atoms with van der Waals surface area (Å²) in [5.41, 5.74) is 3.95. The molecule has 0 aliphatic rings. The largest absolute Gasteiger partial charge is 0.493 e. The number of amides is 1. The Balaban J connectivity index is 2.06. The van der Waals surface area contributed by atoms with Crippen molar-refractivity contribution >= 4 is 34.7 Å². The van der Waals surface area contributed by atoms with Gasteiger partial charge in [0.2, 0.25) is 0 Å². The zero-order valence-electron chi connectivity index (χ0n) is 11.5. The van der Waals surface area contributed by atoms with E-state index in [-0.39, 0.29) is 5.91 Å². The lowest BCUT2D eigenvalue weighted by molar-refractivity contribution is 0.0954. The molecule has 2 aromatic carbocycles. The van der Waals surface area contributed by atoms with E-state index in [1.165, 1.54) is 0 Å². The van der Waals surface area contributed by atoms with Gasteiger partial charge in [0.25, 0.3) is 5.91 Å². The number of para-hydroxylation sites is 1. The average molecular weight is 394 g/mol. The lowest BCUT2D eigenvalue weighted by Crippen LogP contribution is -2.18. The molecule has 0 heterocycles. The van der Waals surface area contributed by atoms with Crippen molar-refractivity contribution in [2.75, 3.05) is 6.61 Å². The van der Waals surface area contributed by atoms with Gasteiger partial charge < -0.3 is 4.74 Å². The molecule has 5 heteroatoms. The van der Waals surface area contributed by atoms with E-state index >= 15 is 0 Å². The zero-order chi connectivity index (χ0) is 15.1. The molecule has 0 aromatic heterocycles. The van der Waals surface area contributed by atoms with Crippen LogP contribution in [0.15, 0.2) is 53.6 Å². The Morgan fingerprint density at radius 1 is 1.24 bits per heavy atom. The average Bonchev–Trinajstić information content (AvgIpc) is 2.49. The Morgan fingerprint density at radius 2 is 1.95 bits per heavy atom. The van der Waals surface area contributed by atoms with Gasteiger partial charge in [-0.15, -0.1) is 0 Å². The van der Waals surface area contributed by atoms with Crippen LogP contribution in [0.25, 0.3) is 0 Å². The van der Waals surface area contributed by atoms with Gasteiger partial charge in [-0.25, -0.2) is 5.43 Å². The highest BCUT2D eigenvalue weighted by molar-refractivity contribution is 14.1. The monoisotopic (exact) mass is 394 g/mol. The smallest absolute Gasteiger partial charge is 0.272 e. The molecule has 0 radical (unpaired) electrons. The molecule has 0 saturated heterocycles. The van der Waals surface area contributed by atoms with E-state index in [0.29, 0.717) is 12.2 Å². The first-order chi connectivity index (χ1) is 10.2. The van der Waals surface area contributed by atoms with Gasteiger partial charge in [0, 0.05) is 9.13 Å². The standard InChI is InChI=1S/C16H15IN2O2/c1-2-21-15-10-6-3-7-12(15)11-18-19-16(20)13-8-4-5-9-14(13)17/h3-11H,2H2,1H3,(H,19,20)/b18-11+. The Kier molecular flexibility index (Phi) is 5.74. The second-order valence-corrected chi connectivity index (χ2v) is 5.31. The van der Waals surface area contributed by atoms with E-state index in [1.54, 1.807) is 12.3 Å². The molecular formula is C16H15IN2O2. The van der Waals surface area contributed by atoms with Crippen LogP contribution in [0.1, 0.15) is 22.8 Å². The highest BCUT2D eigenvalue weighted by Gasteiger charge is 2.07. The number of hydrogen-bond donors (Lipinski definition) is 1. The molecule has 0 aliphatic heterocycles. The molecular weight excluding hydrogens is 379 g/mol. The molecule has 1 N–H and O–H groups in total.